The average molecular weight is 298 g/mol. The van der Waals surface area contributed by atoms with Gasteiger partial charge in [0.1, 0.15) is 10.7 Å². The zero-order chi connectivity index (χ0) is 14.0. The highest BCUT2D eigenvalue weighted by Crippen LogP contribution is 2.28. The minimum absolute atomic E-state index is 0.0704. The van der Waals surface area contributed by atoms with Gasteiger partial charge < -0.3 is 5.73 Å². The Bertz CT molecular complexity index is 696. The van der Waals surface area contributed by atoms with Crippen molar-refractivity contribution >= 4 is 33.1 Å². The van der Waals surface area contributed by atoms with Gasteiger partial charge in [-0.2, -0.15) is 0 Å². The van der Waals surface area contributed by atoms with Gasteiger partial charge in [-0.3, -0.25) is 4.72 Å². The standard InChI is InChI=1S/C12H12ClN3O2S/c1-8-4-3-7-15-12(8)16-19(17,18)11-9(13)5-2-6-10(11)14/h2-7H,14H2,1H3,(H,15,16). The molecule has 19 heavy (non-hydrogen) atoms. The van der Waals surface area contributed by atoms with E-state index in [0.29, 0.717) is 5.56 Å². The molecule has 0 fully saturated rings. The molecule has 0 saturated carbocycles. The van der Waals surface area contributed by atoms with Crippen molar-refractivity contribution in [1.29, 1.82) is 0 Å². The minimum atomic E-state index is -3.87. The SMILES string of the molecule is Cc1cccnc1NS(=O)(=O)c1c(N)cccc1Cl. The Balaban J connectivity index is 2.47. The van der Waals surface area contributed by atoms with Crippen molar-refractivity contribution in [3.8, 4) is 0 Å². The van der Waals surface area contributed by atoms with Gasteiger partial charge in [-0.05, 0) is 30.7 Å². The average Bonchev–Trinajstić information content (AvgIpc) is 2.31. The Kier molecular flexibility index (Phi) is 3.64. The van der Waals surface area contributed by atoms with Crippen molar-refractivity contribution in [3.05, 3.63) is 47.1 Å². The first-order valence-corrected chi connectivity index (χ1v) is 7.26. The van der Waals surface area contributed by atoms with Gasteiger partial charge in [-0.25, -0.2) is 13.4 Å². The molecule has 2 rings (SSSR count). The van der Waals surface area contributed by atoms with Crippen LogP contribution in [-0.2, 0) is 10.0 Å². The fraction of sp³-hybridized carbons (Fsp3) is 0.0833. The number of nitrogen functional groups attached to an aromatic ring is 1. The smallest absolute Gasteiger partial charge is 0.266 e. The first-order valence-electron chi connectivity index (χ1n) is 5.40. The lowest BCUT2D eigenvalue weighted by Gasteiger charge is -2.12. The molecule has 100 valence electrons. The van der Waals surface area contributed by atoms with Gasteiger partial charge in [0.05, 0.1) is 10.7 Å². The molecule has 0 radical (unpaired) electrons. The second-order valence-corrected chi connectivity index (χ2v) is 5.96. The summed E-state index contributed by atoms with van der Waals surface area (Å²) in [7, 11) is -3.87. The molecule has 0 amide bonds. The topological polar surface area (TPSA) is 85.1 Å². The monoisotopic (exact) mass is 297 g/mol. The summed E-state index contributed by atoms with van der Waals surface area (Å²) in [6.45, 7) is 1.75. The first kappa shape index (κ1) is 13.6. The van der Waals surface area contributed by atoms with Crippen LogP contribution < -0.4 is 10.5 Å². The lowest BCUT2D eigenvalue weighted by molar-refractivity contribution is 0.601. The molecule has 5 nitrogen and oxygen atoms in total. The number of benzene rings is 1. The van der Waals surface area contributed by atoms with Crippen LogP contribution in [0, 0.1) is 6.92 Å². The van der Waals surface area contributed by atoms with E-state index in [1.165, 1.54) is 18.3 Å². The molecule has 3 N–H and O–H groups in total. The third-order valence-electron chi connectivity index (χ3n) is 2.51. The number of aromatic nitrogens is 1. The van der Waals surface area contributed by atoms with Gasteiger partial charge in [0.2, 0.25) is 0 Å². The molecule has 0 unspecified atom stereocenters. The molecule has 0 atom stereocenters. The Hall–Kier alpha value is -1.79. The highest BCUT2D eigenvalue weighted by atomic mass is 35.5. The zero-order valence-electron chi connectivity index (χ0n) is 10.1. The quantitative estimate of drug-likeness (QED) is 0.852. The Morgan fingerprint density at radius 3 is 2.63 bits per heavy atom. The van der Waals surface area contributed by atoms with Gasteiger partial charge >= 0.3 is 0 Å². The highest BCUT2D eigenvalue weighted by molar-refractivity contribution is 7.93. The molecule has 2 aromatic rings. The first-order chi connectivity index (χ1) is 8.92. The molecular formula is C12H12ClN3O2S. The van der Waals surface area contributed by atoms with E-state index >= 15 is 0 Å². The maximum absolute atomic E-state index is 12.3. The van der Waals surface area contributed by atoms with E-state index in [9.17, 15) is 8.42 Å². The third kappa shape index (κ3) is 2.80. The number of nitrogens with two attached hydrogens (primary N) is 1. The van der Waals surface area contributed by atoms with E-state index in [2.05, 4.69) is 9.71 Å². The van der Waals surface area contributed by atoms with E-state index in [1.807, 2.05) is 0 Å². The van der Waals surface area contributed by atoms with Crippen molar-refractivity contribution < 1.29 is 8.42 Å². The van der Waals surface area contributed by atoms with Crippen LogP contribution in [0.25, 0.3) is 0 Å². The maximum atomic E-state index is 12.3. The van der Waals surface area contributed by atoms with E-state index in [-0.39, 0.29) is 21.4 Å². The van der Waals surface area contributed by atoms with Gasteiger partial charge in [0, 0.05) is 6.20 Å². The zero-order valence-corrected chi connectivity index (χ0v) is 11.7. The number of hydrogen-bond acceptors (Lipinski definition) is 4. The number of hydrogen-bond donors (Lipinski definition) is 2. The minimum Gasteiger partial charge on any atom is -0.398 e. The Morgan fingerprint density at radius 2 is 2.00 bits per heavy atom. The van der Waals surface area contributed by atoms with Crippen molar-refractivity contribution in [2.45, 2.75) is 11.8 Å². The summed E-state index contributed by atoms with van der Waals surface area (Å²) >= 11 is 5.90. The summed E-state index contributed by atoms with van der Waals surface area (Å²) in [6, 6.07) is 8.00. The number of sulfonamides is 1. The van der Waals surface area contributed by atoms with Gasteiger partial charge in [0.25, 0.3) is 10.0 Å². The second-order valence-electron chi connectivity index (χ2n) is 3.93. The van der Waals surface area contributed by atoms with Crippen LogP contribution >= 0.6 is 11.6 Å². The molecule has 1 aromatic carbocycles. The van der Waals surface area contributed by atoms with Crippen LogP contribution in [-0.4, -0.2) is 13.4 Å². The van der Waals surface area contributed by atoms with Crippen LogP contribution in [0.2, 0.25) is 5.02 Å². The van der Waals surface area contributed by atoms with E-state index in [4.69, 9.17) is 17.3 Å². The molecular weight excluding hydrogens is 286 g/mol. The molecule has 0 bridgehead atoms. The van der Waals surface area contributed by atoms with Crippen LogP contribution in [0.1, 0.15) is 5.56 Å². The Labute approximate surface area is 116 Å². The number of halogens is 1. The largest absolute Gasteiger partial charge is 0.398 e. The van der Waals surface area contributed by atoms with Crippen LogP contribution in [0.15, 0.2) is 41.4 Å². The molecule has 0 aliphatic carbocycles. The maximum Gasteiger partial charge on any atom is 0.266 e. The summed E-state index contributed by atoms with van der Waals surface area (Å²) in [5.41, 5.74) is 6.47. The van der Waals surface area contributed by atoms with Crippen LogP contribution in [0.5, 0.6) is 0 Å². The second kappa shape index (κ2) is 5.07. The van der Waals surface area contributed by atoms with E-state index < -0.39 is 10.0 Å². The summed E-state index contributed by atoms with van der Waals surface area (Å²) in [5, 5.41) is 0.0704. The van der Waals surface area contributed by atoms with E-state index in [1.54, 1.807) is 25.1 Å². The molecule has 7 heteroatoms. The fourth-order valence-electron chi connectivity index (χ4n) is 1.58. The fourth-order valence-corrected chi connectivity index (χ4v) is 3.34. The molecule has 0 aliphatic heterocycles. The summed E-state index contributed by atoms with van der Waals surface area (Å²) in [5.74, 6) is 0.252. The number of aryl methyl sites for hydroxylation is 1. The number of rotatable bonds is 3. The summed E-state index contributed by atoms with van der Waals surface area (Å²) in [4.78, 5) is 3.84. The predicted octanol–water partition coefficient (Wildman–Crippen LogP) is 2.43. The van der Waals surface area contributed by atoms with Crippen molar-refractivity contribution in [1.82, 2.24) is 4.98 Å². The van der Waals surface area contributed by atoms with Crippen molar-refractivity contribution in [2.75, 3.05) is 10.5 Å². The molecule has 1 aromatic heterocycles. The van der Waals surface area contributed by atoms with Crippen LogP contribution in [0.3, 0.4) is 0 Å². The van der Waals surface area contributed by atoms with Crippen molar-refractivity contribution in [2.24, 2.45) is 0 Å². The number of nitrogens with zero attached hydrogens (tertiary/aromatic N) is 1. The van der Waals surface area contributed by atoms with Crippen LogP contribution in [0.4, 0.5) is 11.5 Å². The normalized spacial score (nSPS) is 11.3. The molecule has 0 aliphatic rings. The van der Waals surface area contributed by atoms with Crippen molar-refractivity contribution in [3.63, 3.8) is 0 Å². The number of nitrogens with one attached hydrogen (secondary N) is 1. The summed E-state index contributed by atoms with van der Waals surface area (Å²) in [6.07, 6.45) is 1.50. The highest BCUT2D eigenvalue weighted by Gasteiger charge is 2.22. The lowest BCUT2D eigenvalue weighted by atomic mass is 10.3. The lowest BCUT2D eigenvalue weighted by Crippen LogP contribution is -2.16. The molecule has 0 saturated heterocycles. The summed E-state index contributed by atoms with van der Waals surface area (Å²) < 4.78 is 26.9. The Morgan fingerprint density at radius 1 is 1.26 bits per heavy atom. The van der Waals surface area contributed by atoms with E-state index in [0.717, 1.165) is 0 Å². The number of anilines is 2. The predicted molar refractivity (Wildman–Crippen MR) is 75.6 cm³/mol. The van der Waals surface area contributed by atoms with Gasteiger partial charge in [-0.1, -0.05) is 23.7 Å². The van der Waals surface area contributed by atoms with Gasteiger partial charge in [-0.15, -0.1) is 0 Å². The van der Waals surface area contributed by atoms with Gasteiger partial charge in [0.15, 0.2) is 0 Å². The molecule has 1 heterocycles. The number of pyridine rings is 1. The third-order valence-corrected chi connectivity index (χ3v) is 4.39. The molecule has 0 spiro atoms.